The maximum atomic E-state index is 12.6. The number of halogens is 1. The van der Waals surface area contributed by atoms with E-state index in [0.29, 0.717) is 18.6 Å². The van der Waals surface area contributed by atoms with Gasteiger partial charge in [-0.15, -0.1) is 12.4 Å². The van der Waals surface area contributed by atoms with Crippen molar-refractivity contribution in [3.63, 3.8) is 0 Å². The highest BCUT2D eigenvalue weighted by Crippen LogP contribution is 2.31. The third kappa shape index (κ3) is 7.56. The van der Waals surface area contributed by atoms with Crippen LogP contribution < -0.4 is 15.2 Å². The van der Waals surface area contributed by atoms with Crippen LogP contribution in [-0.2, 0) is 29.1 Å². The Morgan fingerprint density at radius 3 is 1.74 bits per heavy atom. The van der Waals surface area contributed by atoms with Crippen LogP contribution in [0.3, 0.4) is 0 Å². The van der Waals surface area contributed by atoms with Gasteiger partial charge in [0.15, 0.2) is 0 Å². The van der Waals surface area contributed by atoms with E-state index >= 15 is 0 Å². The summed E-state index contributed by atoms with van der Waals surface area (Å²) in [5.74, 6) is -0.208. The summed E-state index contributed by atoms with van der Waals surface area (Å²) in [5, 5.41) is 0. The fourth-order valence-corrected chi connectivity index (χ4v) is 5.77. The number of rotatable bonds is 6. The maximum absolute atomic E-state index is 12.6. The van der Waals surface area contributed by atoms with Crippen LogP contribution in [0.5, 0.6) is 5.75 Å². The van der Waals surface area contributed by atoms with Crippen molar-refractivity contribution in [3.05, 3.63) is 24.3 Å². The summed E-state index contributed by atoms with van der Waals surface area (Å²) in [6.07, 6.45) is 8.32. The summed E-state index contributed by atoms with van der Waals surface area (Å²) in [6.45, 7) is 0. The first kappa shape index (κ1) is 30.2. The molecule has 0 aromatic heterocycles. The first-order valence-electron chi connectivity index (χ1n) is 11.3. The van der Waals surface area contributed by atoms with Gasteiger partial charge in [-0.2, -0.15) is 4.72 Å². The van der Waals surface area contributed by atoms with Crippen molar-refractivity contribution in [2.24, 2.45) is 5.73 Å². The largest absolute Gasteiger partial charge is 0.497 e. The maximum Gasteiger partial charge on any atom is 0.327 e. The zero-order chi connectivity index (χ0) is 24.5. The van der Waals surface area contributed by atoms with E-state index in [9.17, 15) is 18.0 Å². The van der Waals surface area contributed by atoms with Crippen LogP contribution in [0.4, 0.5) is 0 Å². The topological polar surface area (TPSA) is 134 Å². The molecule has 3 rings (SSSR count). The minimum absolute atomic E-state index is 0. The Kier molecular flexibility index (Phi) is 11.8. The number of carbonyl (C=O) groups is 2. The smallest absolute Gasteiger partial charge is 0.327 e. The zero-order valence-electron chi connectivity index (χ0n) is 20.1. The molecule has 1 aromatic carbocycles. The molecule has 11 heteroatoms. The number of nitrogens with one attached hydrogen (secondary N) is 1. The molecule has 0 atom stereocenters. The first-order valence-corrected chi connectivity index (χ1v) is 12.7. The molecule has 0 unspecified atom stereocenters. The Balaban J connectivity index is 0.000000407. The highest BCUT2D eigenvalue weighted by Gasteiger charge is 2.44. The summed E-state index contributed by atoms with van der Waals surface area (Å²) in [7, 11) is 0.378. The van der Waals surface area contributed by atoms with Gasteiger partial charge in [0.25, 0.3) is 0 Å². The van der Waals surface area contributed by atoms with E-state index < -0.39 is 27.1 Å². The van der Waals surface area contributed by atoms with Crippen LogP contribution in [0.15, 0.2) is 29.2 Å². The SMILES string of the molecule is COC(=O)C1(N)CCCCC1.COC(=O)C1(NS(=O)(=O)c2ccc(OC)cc2)CCCCC1.Cl. The molecule has 2 fully saturated rings. The number of ether oxygens (including phenoxy) is 3. The van der Waals surface area contributed by atoms with Gasteiger partial charge in [-0.05, 0) is 49.9 Å². The molecule has 0 radical (unpaired) electrons. The number of esters is 2. The normalized spacial score (nSPS) is 18.8. The van der Waals surface area contributed by atoms with Crippen molar-refractivity contribution in [2.75, 3.05) is 21.3 Å². The molecule has 2 aliphatic carbocycles. The van der Waals surface area contributed by atoms with E-state index in [-0.39, 0.29) is 23.3 Å². The Morgan fingerprint density at radius 2 is 1.29 bits per heavy atom. The van der Waals surface area contributed by atoms with E-state index in [2.05, 4.69) is 9.46 Å². The minimum atomic E-state index is -3.80. The molecule has 2 aliphatic rings. The van der Waals surface area contributed by atoms with E-state index in [1.165, 1.54) is 39.9 Å². The zero-order valence-corrected chi connectivity index (χ0v) is 21.8. The molecule has 0 spiro atoms. The van der Waals surface area contributed by atoms with Gasteiger partial charge in [0.2, 0.25) is 10.0 Å². The molecule has 0 saturated heterocycles. The van der Waals surface area contributed by atoms with Crippen molar-refractivity contribution >= 4 is 34.4 Å². The number of carbonyl (C=O) groups excluding carboxylic acids is 2. The van der Waals surface area contributed by atoms with Crippen molar-refractivity contribution in [1.82, 2.24) is 4.72 Å². The molecule has 34 heavy (non-hydrogen) atoms. The molecule has 9 nitrogen and oxygen atoms in total. The average Bonchev–Trinajstić information content (AvgIpc) is 2.84. The summed E-state index contributed by atoms with van der Waals surface area (Å²) >= 11 is 0. The van der Waals surface area contributed by atoms with Gasteiger partial charge in [0, 0.05) is 0 Å². The number of hydrogen-bond donors (Lipinski definition) is 2. The number of hydrogen-bond acceptors (Lipinski definition) is 8. The lowest BCUT2D eigenvalue weighted by Crippen LogP contribution is -2.55. The fourth-order valence-electron chi connectivity index (χ4n) is 4.36. The Hall–Kier alpha value is -1.88. The monoisotopic (exact) mass is 520 g/mol. The Morgan fingerprint density at radius 1 is 0.824 bits per heavy atom. The third-order valence-electron chi connectivity index (χ3n) is 6.32. The molecule has 194 valence electrons. The van der Waals surface area contributed by atoms with E-state index in [4.69, 9.17) is 15.2 Å². The summed E-state index contributed by atoms with van der Waals surface area (Å²) < 4.78 is 42.2. The molecular formula is C23H37ClN2O7S. The Labute approximate surface area is 208 Å². The second-order valence-corrected chi connectivity index (χ2v) is 10.3. The standard InChI is InChI=1S/C15H21NO5S.C8H15NO2.ClH/c1-20-12-6-8-13(9-7-12)22(18,19)16-15(14(17)21-2)10-4-3-5-11-15;1-11-7(10)8(9)5-3-2-4-6-8;/h6-9,16H,3-5,10-11H2,1-2H3;2-6,9H2,1H3;1H. The lowest BCUT2D eigenvalue weighted by atomic mass is 9.83. The van der Waals surface area contributed by atoms with E-state index in [1.54, 1.807) is 12.1 Å². The van der Waals surface area contributed by atoms with Crippen molar-refractivity contribution in [2.45, 2.75) is 80.2 Å². The van der Waals surface area contributed by atoms with Gasteiger partial charge in [0.1, 0.15) is 16.8 Å². The van der Waals surface area contributed by atoms with E-state index in [1.807, 2.05) is 0 Å². The summed E-state index contributed by atoms with van der Waals surface area (Å²) in [4.78, 5) is 23.4. The molecular weight excluding hydrogens is 484 g/mol. The predicted octanol–water partition coefficient (Wildman–Crippen LogP) is 3.09. The molecule has 1 aromatic rings. The second kappa shape index (κ2) is 13.3. The average molecular weight is 521 g/mol. The van der Waals surface area contributed by atoms with Gasteiger partial charge in [-0.3, -0.25) is 9.59 Å². The molecule has 3 N–H and O–H groups in total. The predicted molar refractivity (Wildman–Crippen MR) is 130 cm³/mol. The van der Waals surface area contributed by atoms with Gasteiger partial charge in [0.05, 0.1) is 26.2 Å². The molecule has 0 aliphatic heterocycles. The fraction of sp³-hybridized carbons (Fsp3) is 0.652. The first-order chi connectivity index (χ1) is 15.6. The summed E-state index contributed by atoms with van der Waals surface area (Å²) in [5.41, 5.74) is 4.00. The quantitative estimate of drug-likeness (QED) is 0.546. The van der Waals surface area contributed by atoms with Crippen molar-refractivity contribution in [3.8, 4) is 5.75 Å². The van der Waals surface area contributed by atoms with Crippen LogP contribution >= 0.6 is 12.4 Å². The highest BCUT2D eigenvalue weighted by molar-refractivity contribution is 7.89. The second-order valence-electron chi connectivity index (χ2n) is 8.62. The molecule has 0 bridgehead atoms. The number of sulfonamides is 1. The van der Waals surface area contributed by atoms with Crippen LogP contribution in [0, 0.1) is 0 Å². The van der Waals surface area contributed by atoms with Crippen LogP contribution in [-0.4, -0.2) is 52.8 Å². The van der Waals surface area contributed by atoms with Crippen LogP contribution in [0.25, 0.3) is 0 Å². The van der Waals surface area contributed by atoms with Crippen molar-refractivity contribution in [1.29, 1.82) is 0 Å². The van der Waals surface area contributed by atoms with Gasteiger partial charge < -0.3 is 19.9 Å². The number of methoxy groups -OCH3 is 3. The molecule has 0 heterocycles. The van der Waals surface area contributed by atoms with Crippen LogP contribution in [0.2, 0.25) is 0 Å². The summed E-state index contributed by atoms with van der Waals surface area (Å²) in [6, 6.07) is 6.05. The third-order valence-corrected chi connectivity index (χ3v) is 7.87. The molecule has 0 amide bonds. The highest BCUT2D eigenvalue weighted by atomic mass is 35.5. The van der Waals surface area contributed by atoms with Gasteiger partial charge >= 0.3 is 11.9 Å². The Bertz CT molecular complexity index is 894. The van der Waals surface area contributed by atoms with Crippen molar-refractivity contribution < 1.29 is 32.2 Å². The lowest BCUT2D eigenvalue weighted by Gasteiger charge is -2.34. The number of nitrogens with two attached hydrogens (primary N) is 1. The van der Waals surface area contributed by atoms with Gasteiger partial charge in [-0.1, -0.05) is 38.5 Å². The van der Waals surface area contributed by atoms with E-state index in [0.717, 1.165) is 44.9 Å². The number of benzene rings is 1. The minimum Gasteiger partial charge on any atom is -0.497 e. The molecule has 2 saturated carbocycles. The van der Waals surface area contributed by atoms with Gasteiger partial charge in [-0.25, -0.2) is 8.42 Å². The van der Waals surface area contributed by atoms with Crippen LogP contribution in [0.1, 0.15) is 64.2 Å². The lowest BCUT2D eigenvalue weighted by molar-refractivity contribution is -0.149.